The number of aliphatic hydroxyl groups is 2. The highest BCUT2D eigenvalue weighted by Crippen LogP contribution is 2.20. The highest BCUT2D eigenvalue weighted by atomic mass is 16.5. The number of rotatable bonds is 7. The van der Waals surface area contributed by atoms with Gasteiger partial charge < -0.3 is 19.7 Å². The fourth-order valence-corrected chi connectivity index (χ4v) is 2.09. The number of benzene rings is 1. The largest absolute Gasteiger partial charge is 0.497 e. The molecule has 1 aromatic carbocycles. The zero-order valence-electron chi connectivity index (χ0n) is 13.0. The average Bonchev–Trinajstić information content (AvgIpc) is 2.97. The Morgan fingerprint density at radius 2 is 2.04 bits per heavy atom. The minimum absolute atomic E-state index is 0.0451. The van der Waals surface area contributed by atoms with Crippen LogP contribution < -0.4 is 4.74 Å². The van der Waals surface area contributed by atoms with Crippen molar-refractivity contribution in [1.82, 2.24) is 15.0 Å². The maximum absolute atomic E-state index is 11.7. The second kappa shape index (κ2) is 7.70. The minimum Gasteiger partial charge on any atom is -0.497 e. The van der Waals surface area contributed by atoms with Crippen molar-refractivity contribution in [3.63, 3.8) is 0 Å². The van der Waals surface area contributed by atoms with E-state index in [0.717, 1.165) is 0 Å². The summed E-state index contributed by atoms with van der Waals surface area (Å²) in [6.07, 6.45) is -0.872. The van der Waals surface area contributed by atoms with Gasteiger partial charge in [-0.1, -0.05) is 17.3 Å². The Labute approximate surface area is 133 Å². The topological polar surface area (TPSA) is 107 Å². The van der Waals surface area contributed by atoms with Crippen LogP contribution in [0.3, 0.4) is 0 Å². The first-order valence-corrected chi connectivity index (χ1v) is 7.13. The van der Waals surface area contributed by atoms with Gasteiger partial charge in [-0.3, -0.25) is 0 Å². The molecular formula is C15H19N3O5. The van der Waals surface area contributed by atoms with E-state index < -0.39 is 18.7 Å². The number of aromatic nitrogens is 3. The van der Waals surface area contributed by atoms with Crippen LogP contribution in [0.15, 0.2) is 24.3 Å². The van der Waals surface area contributed by atoms with E-state index in [4.69, 9.17) is 9.47 Å². The second-order valence-corrected chi connectivity index (χ2v) is 4.73. The second-order valence-electron chi connectivity index (χ2n) is 4.73. The van der Waals surface area contributed by atoms with Crippen LogP contribution in [0.2, 0.25) is 0 Å². The smallest absolute Gasteiger partial charge is 0.360 e. The van der Waals surface area contributed by atoms with Crippen molar-refractivity contribution in [2.24, 2.45) is 0 Å². The first-order chi connectivity index (χ1) is 11.1. The lowest BCUT2D eigenvalue weighted by atomic mass is 10.1. The summed E-state index contributed by atoms with van der Waals surface area (Å²) >= 11 is 0. The first-order valence-electron chi connectivity index (χ1n) is 7.13. The third-order valence-electron chi connectivity index (χ3n) is 3.30. The summed E-state index contributed by atoms with van der Waals surface area (Å²) in [5.74, 6) is 0.0316. The van der Waals surface area contributed by atoms with Gasteiger partial charge in [0.05, 0.1) is 38.7 Å². The van der Waals surface area contributed by atoms with Gasteiger partial charge in [0.25, 0.3) is 0 Å². The van der Waals surface area contributed by atoms with Crippen LogP contribution in [0.25, 0.3) is 0 Å². The Hall–Kier alpha value is -2.45. The molecule has 0 bridgehead atoms. The summed E-state index contributed by atoms with van der Waals surface area (Å²) in [5.41, 5.74) is 0.815. The van der Waals surface area contributed by atoms with Gasteiger partial charge in [0.1, 0.15) is 5.75 Å². The molecule has 8 nitrogen and oxygen atoms in total. The van der Waals surface area contributed by atoms with E-state index in [1.165, 1.54) is 4.68 Å². The first kappa shape index (κ1) is 16.9. The van der Waals surface area contributed by atoms with E-state index in [2.05, 4.69) is 10.3 Å². The van der Waals surface area contributed by atoms with Crippen LogP contribution in [0, 0.1) is 0 Å². The molecule has 0 saturated carbocycles. The van der Waals surface area contributed by atoms with Gasteiger partial charge in [0.15, 0.2) is 5.69 Å². The molecule has 124 valence electrons. The summed E-state index contributed by atoms with van der Waals surface area (Å²) < 4.78 is 11.2. The predicted octanol–water partition coefficient (Wildman–Crippen LogP) is 0.689. The molecule has 0 unspecified atom stereocenters. The zero-order chi connectivity index (χ0) is 16.8. The van der Waals surface area contributed by atoms with Gasteiger partial charge >= 0.3 is 5.97 Å². The number of aliphatic hydroxyl groups excluding tert-OH is 2. The van der Waals surface area contributed by atoms with Gasteiger partial charge in [-0.2, -0.15) is 0 Å². The Kier molecular flexibility index (Phi) is 5.67. The molecule has 0 amide bonds. The number of hydrogen-bond acceptors (Lipinski definition) is 7. The van der Waals surface area contributed by atoms with Crippen molar-refractivity contribution in [3.8, 4) is 5.75 Å². The van der Waals surface area contributed by atoms with Gasteiger partial charge in [-0.25, -0.2) is 9.48 Å². The number of methoxy groups -OCH3 is 1. The van der Waals surface area contributed by atoms with Gasteiger partial charge in [0.2, 0.25) is 0 Å². The Morgan fingerprint density at radius 3 is 2.61 bits per heavy atom. The predicted molar refractivity (Wildman–Crippen MR) is 79.9 cm³/mol. The monoisotopic (exact) mass is 321 g/mol. The molecular weight excluding hydrogens is 302 g/mol. The Morgan fingerprint density at radius 1 is 1.35 bits per heavy atom. The van der Waals surface area contributed by atoms with Gasteiger partial charge in [-0.05, 0) is 24.6 Å². The number of carbonyl (C=O) groups is 1. The van der Waals surface area contributed by atoms with Crippen LogP contribution in [0.4, 0.5) is 0 Å². The zero-order valence-corrected chi connectivity index (χ0v) is 13.0. The fourth-order valence-electron chi connectivity index (χ4n) is 2.09. The number of esters is 1. The fraction of sp³-hybridized carbons (Fsp3) is 0.400. The number of hydrogen-bond donors (Lipinski definition) is 2. The van der Waals surface area contributed by atoms with E-state index in [0.29, 0.717) is 11.3 Å². The van der Waals surface area contributed by atoms with Crippen molar-refractivity contribution >= 4 is 5.97 Å². The molecule has 1 atom stereocenters. The van der Waals surface area contributed by atoms with Crippen LogP contribution >= 0.6 is 0 Å². The molecule has 0 aliphatic rings. The quantitative estimate of drug-likeness (QED) is 0.722. The van der Waals surface area contributed by atoms with Crippen LogP contribution in [0.1, 0.15) is 34.8 Å². The molecule has 0 aliphatic carbocycles. The van der Waals surface area contributed by atoms with Crippen LogP contribution in [-0.2, 0) is 17.9 Å². The molecule has 0 radical (unpaired) electrons. The maximum atomic E-state index is 11.7. The van der Waals surface area contributed by atoms with E-state index in [-0.39, 0.29) is 24.5 Å². The molecule has 0 spiro atoms. The molecule has 8 heteroatoms. The van der Waals surface area contributed by atoms with Crippen molar-refractivity contribution in [1.29, 1.82) is 0 Å². The van der Waals surface area contributed by atoms with Crippen molar-refractivity contribution in [2.45, 2.75) is 26.2 Å². The number of carbonyl (C=O) groups excluding carboxylic acids is 1. The summed E-state index contributed by atoms with van der Waals surface area (Å²) in [7, 11) is 1.56. The van der Waals surface area contributed by atoms with Crippen molar-refractivity contribution in [2.75, 3.05) is 13.7 Å². The summed E-state index contributed by atoms with van der Waals surface area (Å²) in [5, 5.41) is 27.3. The highest BCUT2D eigenvalue weighted by molar-refractivity contribution is 5.88. The molecule has 0 aliphatic heterocycles. The van der Waals surface area contributed by atoms with Gasteiger partial charge in [-0.15, -0.1) is 5.10 Å². The molecule has 2 rings (SSSR count). The van der Waals surface area contributed by atoms with Crippen LogP contribution in [0.5, 0.6) is 5.75 Å². The van der Waals surface area contributed by atoms with E-state index >= 15 is 0 Å². The maximum Gasteiger partial charge on any atom is 0.360 e. The van der Waals surface area contributed by atoms with Crippen molar-refractivity contribution < 1.29 is 24.5 Å². The molecule has 1 heterocycles. The van der Waals surface area contributed by atoms with E-state index in [9.17, 15) is 15.0 Å². The SMILES string of the molecule is CCOC(=O)c1nnn(C[C@H](O)c2ccc(OC)cc2)c1CO. The van der Waals surface area contributed by atoms with E-state index in [1.54, 1.807) is 38.3 Å². The normalized spacial score (nSPS) is 12.0. The summed E-state index contributed by atoms with van der Waals surface area (Å²) in [6, 6.07) is 6.92. The summed E-state index contributed by atoms with van der Waals surface area (Å²) in [6.45, 7) is 1.49. The lowest BCUT2D eigenvalue weighted by Crippen LogP contribution is -2.15. The highest BCUT2D eigenvalue weighted by Gasteiger charge is 2.21. The van der Waals surface area contributed by atoms with Crippen molar-refractivity contribution in [3.05, 3.63) is 41.2 Å². The number of nitrogens with zero attached hydrogens (tertiary/aromatic N) is 3. The van der Waals surface area contributed by atoms with E-state index in [1.807, 2.05) is 0 Å². The van der Waals surface area contributed by atoms with Crippen LogP contribution in [-0.4, -0.2) is 44.9 Å². The van der Waals surface area contributed by atoms with Gasteiger partial charge in [0, 0.05) is 0 Å². The lowest BCUT2D eigenvalue weighted by Gasteiger charge is -2.13. The molecule has 0 saturated heterocycles. The third-order valence-corrected chi connectivity index (χ3v) is 3.30. The Balaban J connectivity index is 2.16. The molecule has 23 heavy (non-hydrogen) atoms. The lowest BCUT2D eigenvalue weighted by molar-refractivity contribution is 0.0515. The average molecular weight is 321 g/mol. The number of ether oxygens (including phenoxy) is 2. The molecule has 2 N–H and O–H groups in total. The standard InChI is InChI=1S/C15H19N3O5/c1-3-23-15(21)14-12(9-19)18(17-16-14)8-13(20)10-4-6-11(22-2)7-5-10/h4-7,13,19-20H,3,8-9H2,1-2H3/t13-/m0/s1. The third kappa shape index (κ3) is 3.85. The minimum atomic E-state index is -0.872. The Bertz CT molecular complexity index is 654. The molecule has 2 aromatic rings. The molecule has 0 fully saturated rings. The summed E-state index contributed by atoms with van der Waals surface area (Å²) in [4.78, 5) is 11.7. The molecule has 1 aromatic heterocycles.